The zero-order valence-electron chi connectivity index (χ0n) is 18.4. The highest BCUT2D eigenvalue weighted by Gasteiger charge is 2.23. The highest BCUT2D eigenvalue weighted by molar-refractivity contribution is 7.19. The molecule has 156 valence electrons. The van der Waals surface area contributed by atoms with Crippen molar-refractivity contribution in [3.63, 3.8) is 0 Å². The van der Waals surface area contributed by atoms with Gasteiger partial charge >= 0.3 is 0 Å². The number of hydrogen-bond acceptors (Lipinski definition) is 1. The Balaban J connectivity index is 1.28. The van der Waals surface area contributed by atoms with E-state index in [1.165, 1.54) is 79.2 Å². The molecule has 1 heteroatoms. The summed E-state index contributed by atoms with van der Waals surface area (Å²) in [4.78, 5) is 1.37. The molecule has 1 aromatic heterocycles. The molecule has 0 spiro atoms. The number of hydrogen-bond donors (Lipinski definition) is 0. The molecule has 2 aromatic rings. The molecule has 2 aliphatic carbocycles. The van der Waals surface area contributed by atoms with E-state index in [1.54, 1.807) is 5.56 Å². The van der Waals surface area contributed by atoms with Crippen LogP contribution in [0.1, 0.15) is 94.4 Å². The summed E-state index contributed by atoms with van der Waals surface area (Å²) < 4.78 is 1.45. The molecule has 0 radical (unpaired) electrons. The second-order valence-electron chi connectivity index (χ2n) is 9.51. The van der Waals surface area contributed by atoms with Crippen LogP contribution in [0, 0.1) is 17.8 Å². The van der Waals surface area contributed by atoms with Crippen molar-refractivity contribution in [2.24, 2.45) is 17.8 Å². The molecule has 4 rings (SSSR count). The summed E-state index contributed by atoms with van der Waals surface area (Å²) in [5, 5.41) is 1.40. The van der Waals surface area contributed by atoms with E-state index in [0.717, 1.165) is 23.7 Å². The van der Waals surface area contributed by atoms with Crippen molar-refractivity contribution in [1.29, 1.82) is 0 Å². The normalized spacial score (nSPS) is 28.6. The van der Waals surface area contributed by atoms with Gasteiger partial charge in [0.05, 0.1) is 0 Å². The van der Waals surface area contributed by atoms with Crippen LogP contribution in [-0.2, 0) is 0 Å². The van der Waals surface area contributed by atoms with Gasteiger partial charge in [0.15, 0.2) is 0 Å². The van der Waals surface area contributed by atoms with Crippen molar-refractivity contribution < 1.29 is 0 Å². The van der Waals surface area contributed by atoms with Crippen LogP contribution in [0.5, 0.6) is 0 Å². The van der Waals surface area contributed by atoms with E-state index in [4.69, 9.17) is 0 Å². The average Bonchev–Trinajstić information content (AvgIpc) is 3.16. The molecule has 0 amide bonds. The SMILES string of the molecule is C/C=C/c1cc2ccc(C3CCC(/C=C/C4CCC(CCC)CC4)CC3)cc2s1. The van der Waals surface area contributed by atoms with Crippen molar-refractivity contribution in [2.75, 3.05) is 0 Å². The van der Waals surface area contributed by atoms with Crippen LogP contribution in [0.15, 0.2) is 42.5 Å². The first-order valence-electron chi connectivity index (χ1n) is 12.1. The summed E-state index contributed by atoms with van der Waals surface area (Å²) in [6.07, 6.45) is 23.7. The largest absolute Gasteiger partial charge is 0.136 e. The molecule has 0 atom stereocenters. The maximum atomic E-state index is 2.60. The van der Waals surface area contributed by atoms with Crippen molar-refractivity contribution in [2.45, 2.75) is 84.0 Å². The van der Waals surface area contributed by atoms with Crippen LogP contribution in [0.2, 0.25) is 0 Å². The Morgan fingerprint density at radius 3 is 2.24 bits per heavy atom. The second-order valence-corrected chi connectivity index (χ2v) is 10.6. The van der Waals surface area contributed by atoms with Crippen LogP contribution >= 0.6 is 11.3 Å². The van der Waals surface area contributed by atoms with Gasteiger partial charge in [-0.15, -0.1) is 11.3 Å². The summed E-state index contributed by atoms with van der Waals surface area (Å²) in [6.45, 7) is 4.43. The molecule has 0 unspecified atom stereocenters. The van der Waals surface area contributed by atoms with Crippen LogP contribution in [0.25, 0.3) is 16.2 Å². The number of allylic oxidation sites excluding steroid dienone is 3. The summed E-state index contributed by atoms with van der Waals surface area (Å²) in [5.74, 6) is 3.48. The fourth-order valence-electron chi connectivity index (χ4n) is 5.61. The molecule has 1 aromatic carbocycles. The number of rotatable bonds is 6. The van der Waals surface area contributed by atoms with Crippen molar-refractivity contribution in [3.8, 4) is 0 Å². The van der Waals surface area contributed by atoms with Gasteiger partial charge < -0.3 is 0 Å². The average molecular weight is 407 g/mol. The Kier molecular flexibility index (Phi) is 7.29. The van der Waals surface area contributed by atoms with Gasteiger partial charge in [-0.3, -0.25) is 0 Å². The molecule has 0 aliphatic heterocycles. The number of benzene rings is 1. The Morgan fingerprint density at radius 2 is 1.59 bits per heavy atom. The van der Waals surface area contributed by atoms with E-state index >= 15 is 0 Å². The van der Waals surface area contributed by atoms with Gasteiger partial charge in [0.25, 0.3) is 0 Å². The first-order valence-corrected chi connectivity index (χ1v) is 12.9. The van der Waals surface area contributed by atoms with E-state index in [2.05, 4.69) is 62.4 Å². The molecule has 1 heterocycles. The molecule has 0 N–H and O–H groups in total. The topological polar surface area (TPSA) is 0 Å². The Bertz CT molecular complexity index is 823. The van der Waals surface area contributed by atoms with Gasteiger partial charge in [-0.2, -0.15) is 0 Å². The number of fused-ring (bicyclic) bond motifs is 1. The third kappa shape index (κ3) is 5.43. The summed E-state index contributed by atoms with van der Waals surface area (Å²) in [5.41, 5.74) is 1.57. The standard InChI is InChI=1S/C28H38S/c1-3-5-21-7-9-22(10-8-21)11-12-23-13-15-24(16-14-23)25-17-18-26-19-27(6-4-2)29-28(26)20-25/h4,6,11-12,17-24H,3,5,7-10,13-16H2,1-2H3/b6-4+,12-11+. The molecular weight excluding hydrogens is 368 g/mol. The van der Waals surface area contributed by atoms with E-state index in [0.29, 0.717) is 0 Å². The van der Waals surface area contributed by atoms with Crippen LogP contribution in [0.4, 0.5) is 0 Å². The van der Waals surface area contributed by atoms with Crippen LogP contribution in [-0.4, -0.2) is 0 Å². The van der Waals surface area contributed by atoms with Gasteiger partial charge in [0, 0.05) is 9.58 Å². The molecule has 29 heavy (non-hydrogen) atoms. The fraction of sp³-hybridized carbons (Fsp3) is 0.571. The maximum Gasteiger partial charge on any atom is 0.0351 e. The lowest BCUT2D eigenvalue weighted by atomic mass is 9.77. The van der Waals surface area contributed by atoms with Gasteiger partial charge in [-0.05, 0) is 111 Å². The molecule has 2 saturated carbocycles. The van der Waals surface area contributed by atoms with E-state index in [-0.39, 0.29) is 0 Å². The fourth-order valence-corrected chi connectivity index (χ4v) is 6.69. The predicted octanol–water partition coefficient (Wildman–Crippen LogP) is 9.37. The van der Waals surface area contributed by atoms with Gasteiger partial charge in [0.1, 0.15) is 0 Å². The zero-order chi connectivity index (χ0) is 20.1. The monoisotopic (exact) mass is 406 g/mol. The zero-order valence-corrected chi connectivity index (χ0v) is 19.2. The van der Waals surface area contributed by atoms with Crippen molar-refractivity contribution in [3.05, 3.63) is 52.9 Å². The Labute approximate surface area is 182 Å². The molecule has 0 nitrogen and oxygen atoms in total. The van der Waals surface area contributed by atoms with Gasteiger partial charge in [0.2, 0.25) is 0 Å². The molecule has 2 fully saturated rings. The van der Waals surface area contributed by atoms with Crippen molar-refractivity contribution in [1.82, 2.24) is 0 Å². The van der Waals surface area contributed by atoms with Crippen LogP contribution < -0.4 is 0 Å². The molecule has 0 bridgehead atoms. The molecule has 0 saturated heterocycles. The number of thiophene rings is 1. The first-order chi connectivity index (χ1) is 14.2. The van der Waals surface area contributed by atoms with E-state index in [9.17, 15) is 0 Å². The lowest BCUT2D eigenvalue weighted by molar-refractivity contribution is 0.292. The minimum atomic E-state index is 0.765. The van der Waals surface area contributed by atoms with Gasteiger partial charge in [-0.25, -0.2) is 0 Å². The highest BCUT2D eigenvalue weighted by Crippen LogP contribution is 2.39. The lowest BCUT2D eigenvalue weighted by Crippen LogP contribution is -2.14. The van der Waals surface area contributed by atoms with Crippen molar-refractivity contribution >= 4 is 27.5 Å². The quantitative estimate of drug-likeness (QED) is 0.419. The second kappa shape index (κ2) is 10.1. The van der Waals surface area contributed by atoms with E-state index in [1.807, 2.05) is 11.3 Å². The summed E-state index contributed by atoms with van der Waals surface area (Å²) in [7, 11) is 0. The lowest BCUT2D eigenvalue weighted by Gasteiger charge is -2.29. The Hall–Kier alpha value is -1.34. The molecular formula is C28H38S. The third-order valence-electron chi connectivity index (χ3n) is 7.38. The van der Waals surface area contributed by atoms with E-state index < -0.39 is 0 Å². The summed E-state index contributed by atoms with van der Waals surface area (Å²) >= 11 is 1.93. The first kappa shape index (κ1) is 20.9. The minimum absolute atomic E-state index is 0.765. The third-order valence-corrected chi connectivity index (χ3v) is 8.44. The maximum absolute atomic E-state index is 2.60. The predicted molar refractivity (Wildman–Crippen MR) is 131 cm³/mol. The Morgan fingerprint density at radius 1 is 0.897 bits per heavy atom. The molecule has 2 aliphatic rings. The van der Waals surface area contributed by atoms with Crippen LogP contribution in [0.3, 0.4) is 0 Å². The summed E-state index contributed by atoms with van der Waals surface area (Å²) in [6, 6.07) is 9.53. The smallest absolute Gasteiger partial charge is 0.0351 e. The van der Waals surface area contributed by atoms with Gasteiger partial charge in [-0.1, -0.05) is 50.1 Å². The minimum Gasteiger partial charge on any atom is -0.136 e. The highest BCUT2D eigenvalue weighted by atomic mass is 32.1.